The minimum absolute atomic E-state index is 0.0667. The fourth-order valence-electron chi connectivity index (χ4n) is 3.99. The summed E-state index contributed by atoms with van der Waals surface area (Å²) >= 11 is 0. The third-order valence-electron chi connectivity index (χ3n) is 5.75. The van der Waals surface area contributed by atoms with Gasteiger partial charge in [-0.15, -0.1) is 0 Å². The van der Waals surface area contributed by atoms with Crippen LogP contribution in [-0.4, -0.2) is 47.3 Å². The molecule has 3 N–H and O–H groups in total. The lowest BCUT2D eigenvalue weighted by molar-refractivity contribution is -0.145. The number of nitrogens with one attached hydrogen (secondary N) is 2. The summed E-state index contributed by atoms with van der Waals surface area (Å²) in [7, 11) is 0. The van der Waals surface area contributed by atoms with Gasteiger partial charge in [0.2, 0.25) is 11.8 Å². The van der Waals surface area contributed by atoms with Crippen LogP contribution in [0.5, 0.6) is 0 Å². The van der Waals surface area contributed by atoms with Crippen LogP contribution in [0, 0.1) is 5.92 Å². The Morgan fingerprint density at radius 2 is 1.93 bits per heavy atom. The second-order valence-electron chi connectivity index (χ2n) is 8.03. The van der Waals surface area contributed by atoms with Crippen molar-refractivity contribution in [1.82, 2.24) is 15.7 Å². The van der Waals surface area contributed by atoms with Crippen molar-refractivity contribution in [3.63, 3.8) is 0 Å². The third-order valence-corrected chi connectivity index (χ3v) is 5.75. The number of benzene rings is 1. The fraction of sp³-hybridized carbons (Fsp3) is 0.609. The zero-order chi connectivity index (χ0) is 21.8. The lowest BCUT2D eigenvalue weighted by atomic mass is 9.90. The minimum atomic E-state index is -0.574. The summed E-state index contributed by atoms with van der Waals surface area (Å²) in [4.78, 5) is 37.7. The molecule has 2 unspecified atom stereocenters. The molecule has 0 aliphatic carbocycles. The van der Waals surface area contributed by atoms with Crippen LogP contribution < -0.4 is 10.8 Å². The molecule has 0 bridgehead atoms. The summed E-state index contributed by atoms with van der Waals surface area (Å²) in [6.45, 7) is 4.95. The third kappa shape index (κ3) is 7.22. The van der Waals surface area contributed by atoms with Crippen LogP contribution in [0.4, 0.5) is 0 Å². The van der Waals surface area contributed by atoms with E-state index in [1.165, 1.54) is 25.9 Å². The van der Waals surface area contributed by atoms with Gasteiger partial charge in [-0.25, -0.2) is 5.48 Å². The predicted molar refractivity (Wildman–Crippen MR) is 115 cm³/mol. The Morgan fingerprint density at radius 3 is 2.50 bits per heavy atom. The van der Waals surface area contributed by atoms with E-state index in [9.17, 15) is 14.4 Å². The van der Waals surface area contributed by atoms with Crippen molar-refractivity contribution in [1.29, 1.82) is 0 Å². The Kier molecular flexibility index (Phi) is 10.5. The smallest absolute Gasteiger partial charge is 0.244 e. The number of hydroxylamine groups is 1. The number of carbonyl (C=O) groups excluding carboxylic acids is 3. The monoisotopic (exact) mass is 417 g/mol. The van der Waals surface area contributed by atoms with E-state index in [4.69, 9.17) is 5.21 Å². The highest BCUT2D eigenvalue weighted by Gasteiger charge is 2.34. The second-order valence-corrected chi connectivity index (χ2v) is 8.03. The first-order valence-corrected chi connectivity index (χ1v) is 11.1. The average Bonchev–Trinajstić information content (AvgIpc) is 3.37. The van der Waals surface area contributed by atoms with Crippen LogP contribution in [0.1, 0.15) is 63.0 Å². The molecule has 0 radical (unpaired) electrons. The molecule has 0 saturated carbocycles. The topological polar surface area (TPSA) is 98.7 Å². The minimum Gasteiger partial charge on any atom is -0.328 e. The lowest BCUT2D eigenvalue weighted by Crippen LogP contribution is -2.48. The van der Waals surface area contributed by atoms with Gasteiger partial charge >= 0.3 is 0 Å². The predicted octanol–water partition coefficient (Wildman–Crippen LogP) is 2.60. The van der Waals surface area contributed by atoms with Gasteiger partial charge in [-0.05, 0) is 43.5 Å². The van der Waals surface area contributed by atoms with Crippen molar-refractivity contribution in [2.75, 3.05) is 13.1 Å². The highest BCUT2D eigenvalue weighted by atomic mass is 16.5. The summed E-state index contributed by atoms with van der Waals surface area (Å²) in [6.07, 6.45) is 7.42. The summed E-state index contributed by atoms with van der Waals surface area (Å²) in [6, 6.07) is 7.28. The van der Waals surface area contributed by atoms with E-state index in [2.05, 4.69) is 12.2 Å². The zero-order valence-corrected chi connectivity index (χ0v) is 17.9. The highest BCUT2D eigenvalue weighted by molar-refractivity contribution is 5.87. The molecular weight excluding hydrogens is 382 g/mol. The molecule has 2 aliphatic rings. The maximum absolute atomic E-state index is 13.0. The summed E-state index contributed by atoms with van der Waals surface area (Å²) in [5.74, 6) is -1.28. The first-order valence-electron chi connectivity index (χ1n) is 11.1. The molecule has 1 saturated heterocycles. The molecular formula is C23H35N3O4. The number of amides is 2. The van der Waals surface area contributed by atoms with Crippen LogP contribution >= 0.6 is 0 Å². The van der Waals surface area contributed by atoms with Crippen LogP contribution in [0.3, 0.4) is 0 Å². The van der Waals surface area contributed by atoms with Gasteiger partial charge in [-0.2, -0.15) is 0 Å². The van der Waals surface area contributed by atoms with Crippen LogP contribution in [0.2, 0.25) is 0 Å². The van der Waals surface area contributed by atoms with Crippen molar-refractivity contribution in [2.45, 2.75) is 70.9 Å². The normalized spacial score (nSPS) is 18.6. The number of hydrogen-bond acceptors (Lipinski definition) is 5. The molecule has 3 rings (SSSR count). The largest absolute Gasteiger partial charge is 0.328 e. The maximum atomic E-state index is 13.0. The van der Waals surface area contributed by atoms with Gasteiger partial charge < -0.3 is 15.0 Å². The van der Waals surface area contributed by atoms with E-state index in [-0.39, 0.29) is 12.3 Å². The van der Waals surface area contributed by atoms with E-state index in [1.54, 1.807) is 10.4 Å². The van der Waals surface area contributed by atoms with Crippen LogP contribution in [-0.2, 0) is 27.3 Å². The van der Waals surface area contributed by atoms with E-state index < -0.39 is 17.9 Å². The van der Waals surface area contributed by atoms with E-state index >= 15 is 0 Å². The summed E-state index contributed by atoms with van der Waals surface area (Å²) in [5, 5.41) is 12.0. The van der Waals surface area contributed by atoms with Gasteiger partial charge in [0.25, 0.3) is 0 Å². The molecule has 2 amide bonds. The highest BCUT2D eigenvalue weighted by Crippen LogP contribution is 2.26. The Morgan fingerprint density at radius 1 is 1.23 bits per heavy atom. The van der Waals surface area contributed by atoms with Crippen molar-refractivity contribution in [3.05, 3.63) is 35.4 Å². The fourth-order valence-corrected chi connectivity index (χ4v) is 3.99. The number of aldehydes is 1. The molecule has 7 nitrogen and oxygen atoms in total. The maximum Gasteiger partial charge on any atom is 0.244 e. The number of unbranched alkanes of at least 4 members (excludes halogenated alkanes) is 2. The number of fused-ring (bicyclic) bond motifs is 1. The number of nitrogens with zero attached hydrogens (tertiary/aromatic N) is 1. The molecule has 166 valence electrons. The Balaban J connectivity index is 0.000000558. The SMILES string of the molecule is C1CCNC1.CCCCCC(CC(=O)NO)C(=O)N1Cc2ccccc2CC1C=O. The first kappa shape index (κ1) is 24.0. The standard InChI is InChI=1S/C19H26N2O4.C4H9N/c1-2-3-4-8-15(11-18(23)20-25)19(24)21-12-16-9-6-5-7-14(16)10-17(21)13-22;1-2-4-5-3-1/h5-7,9,13,15,17,25H,2-4,8,10-12H2,1H3,(H,20,23);5H,1-4H2. The summed E-state index contributed by atoms with van der Waals surface area (Å²) < 4.78 is 0. The molecule has 7 heteroatoms. The van der Waals surface area contributed by atoms with Crippen LogP contribution in [0.25, 0.3) is 0 Å². The van der Waals surface area contributed by atoms with E-state index in [0.717, 1.165) is 36.7 Å². The summed E-state index contributed by atoms with van der Waals surface area (Å²) in [5.41, 5.74) is 3.72. The van der Waals surface area contributed by atoms with Gasteiger partial charge in [-0.3, -0.25) is 14.8 Å². The number of rotatable bonds is 8. The second kappa shape index (κ2) is 13.1. The van der Waals surface area contributed by atoms with Gasteiger partial charge in [0.1, 0.15) is 6.29 Å². The Hall–Kier alpha value is -2.25. The molecule has 2 heterocycles. The Labute approximate surface area is 179 Å². The molecule has 2 aliphatic heterocycles. The molecule has 0 spiro atoms. The van der Waals surface area contributed by atoms with Crippen molar-refractivity contribution >= 4 is 18.1 Å². The first-order chi connectivity index (χ1) is 14.6. The molecule has 0 aromatic heterocycles. The number of hydrogen-bond donors (Lipinski definition) is 3. The quantitative estimate of drug-likeness (QED) is 0.261. The van der Waals surface area contributed by atoms with E-state index in [0.29, 0.717) is 19.4 Å². The number of carbonyl (C=O) groups is 3. The average molecular weight is 418 g/mol. The van der Waals surface area contributed by atoms with Gasteiger partial charge in [0.05, 0.1) is 6.04 Å². The van der Waals surface area contributed by atoms with Gasteiger partial charge in [0.15, 0.2) is 0 Å². The van der Waals surface area contributed by atoms with Crippen molar-refractivity contribution < 1.29 is 19.6 Å². The van der Waals surface area contributed by atoms with Crippen molar-refractivity contribution in [2.24, 2.45) is 5.92 Å². The zero-order valence-electron chi connectivity index (χ0n) is 17.9. The lowest BCUT2D eigenvalue weighted by Gasteiger charge is -2.36. The molecule has 1 aromatic carbocycles. The van der Waals surface area contributed by atoms with Gasteiger partial charge in [0, 0.05) is 25.3 Å². The molecule has 1 fully saturated rings. The van der Waals surface area contributed by atoms with Gasteiger partial charge in [-0.1, -0.05) is 50.5 Å². The Bertz CT molecular complexity index is 683. The van der Waals surface area contributed by atoms with E-state index in [1.807, 2.05) is 24.3 Å². The van der Waals surface area contributed by atoms with Crippen LogP contribution in [0.15, 0.2) is 24.3 Å². The van der Waals surface area contributed by atoms with Crippen molar-refractivity contribution in [3.8, 4) is 0 Å². The molecule has 30 heavy (non-hydrogen) atoms. The molecule has 1 aromatic rings. The molecule has 2 atom stereocenters.